The van der Waals surface area contributed by atoms with Crippen molar-refractivity contribution in [2.24, 2.45) is 4.99 Å². The van der Waals surface area contributed by atoms with Gasteiger partial charge in [-0.25, -0.2) is 4.98 Å². The second-order valence-corrected chi connectivity index (χ2v) is 6.73. The van der Waals surface area contributed by atoms with Crippen LogP contribution in [0, 0.1) is 0 Å². The number of pyridine rings is 3. The van der Waals surface area contributed by atoms with Crippen molar-refractivity contribution < 1.29 is 0 Å². The fraction of sp³-hybridized carbons (Fsp3) is 0.304. The van der Waals surface area contributed by atoms with Crippen molar-refractivity contribution in [3.8, 4) is 0 Å². The van der Waals surface area contributed by atoms with Gasteiger partial charge in [0.15, 0.2) is 0 Å². The summed E-state index contributed by atoms with van der Waals surface area (Å²) in [5.74, 6) is 0. The molecule has 1 atom stereocenters. The van der Waals surface area contributed by atoms with Crippen LogP contribution in [0.4, 0.5) is 0 Å². The smallest absolute Gasteiger partial charge is 0.0841 e. The number of hydrogen-bond acceptors (Lipinski definition) is 5. The number of aromatic nitrogens is 3. The Labute approximate surface area is 167 Å². The highest BCUT2D eigenvalue weighted by Crippen LogP contribution is 2.11. The minimum Gasteiger partial charge on any atom is -0.308 e. The first-order valence-corrected chi connectivity index (χ1v) is 9.74. The van der Waals surface area contributed by atoms with Crippen molar-refractivity contribution in [2.45, 2.75) is 32.7 Å². The molecular weight excluding hydrogens is 346 g/mol. The van der Waals surface area contributed by atoms with Crippen LogP contribution < -0.4 is 5.32 Å². The summed E-state index contributed by atoms with van der Waals surface area (Å²) >= 11 is 0. The molecule has 0 fully saturated rings. The molecule has 0 saturated carbocycles. The summed E-state index contributed by atoms with van der Waals surface area (Å²) in [6.45, 7) is 5.73. The molecule has 0 bridgehead atoms. The number of hydrogen-bond donors (Lipinski definition) is 1. The molecule has 3 rings (SSSR count). The van der Waals surface area contributed by atoms with Crippen LogP contribution in [0.25, 0.3) is 0 Å². The van der Waals surface area contributed by atoms with Crippen LogP contribution in [0.1, 0.15) is 42.7 Å². The lowest BCUT2D eigenvalue weighted by atomic mass is 10.1. The maximum Gasteiger partial charge on any atom is 0.0841 e. The van der Waals surface area contributed by atoms with E-state index in [4.69, 9.17) is 4.98 Å². The zero-order chi connectivity index (χ0) is 19.6. The SMILES string of the molecule is CC(=NCCc1ccccn1)c1cccc(C(C)NCCc2ccccn2)n1. The Bertz CT molecular complexity index is 878. The van der Waals surface area contributed by atoms with Crippen LogP contribution in [0.3, 0.4) is 0 Å². The standard InChI is InChI=1S/C23H27N5/c1-18(24-16-12-20-8-3-5-14-26-20)22-10-7-11-23(28-22)19(2)25-17-13-21-9-4-6-15-27-21/h3-11,14-15,18,24H,12-13,16-17H2,1-2H3. The molecule has 0 spiro atoms. The van der Waals surface area contributed by atoms with Gasteiger partial charge in [0.1, 0.15) is 0 Å². The first kappa shape index (κ1) is 19.8. The van der Waals surface area contributed by atoms with Crippen molar-refractivity contribution in [2.75, 3.05) is 13.1 Å². The van der Waals surface area contributed by atoms with Crippen LogP contribution in [-0.4, -0.2) is 33.8 Å². The van der Waals surface area contributed by atoms with Crippen LogP contribution in [-0.2, 0) is 12.8 Å². The highest BCUT2D eigenvalue weighted by atomic mass is 14.9. The predicted octanol–water partition coefficient (Wildman–Crippen LogP) is 3.82. The van der Waals surface area contributed by atoms with Gasteiger partial charge in [0, 0.05) is 55.8 Å². The molecule has 1 N–H and O–H groups in total. The first-order valence-electron chi connectivity index (χ1n) is 9.74. The molecule has 5 heteroatoms. The van der Waals surface area contributed by atoms with Gasteiger partial charge in [-0.1, -0.05) is 18.2 Å². The van der Waals surface area contributed by atoms with Crippen LogP contribution in [0.15, 0.2) is 72.0 Å². The number of rotatable bonds is 9. The fourth-order valence-corrected chi connectivity index (χ4v) is 2.93. The normalized spacial score (nSPS) is 12.7. The number of aliphatic imine (C=N–C) groups is 1. The van der Waals surface area contributed by atoms with E-state index in [0.29, 0.717) is 6.54 Å². The van der Waals surface area contributed by atoms with Gasteiger partial charge in [0.25, 0.3) is 0 Å². The monoisotopic (exact) mass is 373 g/mol. The minimum absolute atomic E-state index is 0.171. The molecule has 0 amide bonds. The molecule has 3 aromatic heterocycles. The Morgan fingerprint density at radius 3 is 2.32 bits per heavy atom. The Balaban J connectivity index is 1.53. The summed E-state index contributed by atoms with van der Waals surface area (Å²) in [5.41, 5.74) is 5.07. The molecule has 144 valence electrons. The average molecular weight is 374 g/mol. The van der Waals surface area contributed by atoms with E-state index in [0.717, 1.165) is 47.9 Å². The van der Waals surface area contributed by atoms with Gasteiger partial charge in [-0.15, -0.1) is 0 Å². The van der Waals surface area contributed by atoms with Crippen LogP contribution >= 0.6 is 0 Å². The van der Waals surface area contributed by atoms with E-state index in [1.54, 1.807) is 0 Å². The number of nitrogens with one attached hydrogen (secondary N) is 1. The van der Waals surface area contributed by atoms with Crippen molar-refractivity contribution >= 4 is 5.71 Å². The zero-order valence-corrected chi connectivity index (χ0v) is 16.5. The van der Waals surface area contributed by atoms with Gasteiger partial charge in [0.2, 0.25) is 0 Å². The summed E-state index contributed by atoms with van der Waals surface area (Å²) in [6.07, 6.45) is 5.39. The lowest BCUT2D eigenvalue weighted by Crippen LogP contribution is -2.23. The maximum absolute atomic E-state index is 4.80. The molecule has 0 aromatic carbocycles. The Kier molecular flexibility index (Phi) is 7.38. The van der Waals surface area contributed by atoms with E-state index >= 15 is 0 Å². The van der Waals surface area contributed by atoms with E-state index in [9.17, 15) is 0 Å². The molecule has 0 aliphatic carbocycles. The second-order valence-electron chi connectivity index (χ2n) is 6.73. The third-order valence-electron chi connectivity index (χ3n) is 4.59. The molecule has 0 aliphatic rings. The van der Waals surface area contributed by atoms with E-state index < -0.39 is 0 Å². The van der Waals surface area contributed by atoms with E-state index in [2.05, 4.69) is 39.3 Å². The highest BCUT2D eigenvalue weighted by Gasteiger charge is 2.08. The fourth-order valence-electron chi connectivity index (χ4n) is 2.93. The molecule has 1 unspecified atom stereocenters. The summed E-state index contributed by atoms with van der Waals surface area (Å²) in [6, 6.07) is 18.3. The number of nitrogens with zero attached hydrogens (tertiary/aromatic N) is 4. The Hall–Kier alpha value is -2.92. The molecule has 0 saturated heterocycles. The van der Waals surface area contributed by atoms with E-state index in [1.165, 1.54) is 0 Å². The lowest BCUT2D eigenvalue weighted by Gasteiger charge is -2.14. The van der Waals surface area contributed by atoms with Crippen LogP contribution in [0.5, 0.6) is 0 Å². The lowest BCUT2D eigenvalue weighted by molar-refractivity contribution is 0.561. The molecule has 3 heterocycles. The summed E-state index contributed by atoms with van der Waals surface area (Å²) in [5, 5.41) is 3.53. The molecule has 28 heavy (non-hydrogen) atoms. The molecule has 3 aromatic rings. The average Bonchev–Trinajstić information content (AvgIpc) is 2.75. The van der Waals surface area contributed by atoms with Gasteiger partial charge >= 0.3 is 0 Å². The van der Waals surface area contributed by atoms with Crippen molar-refractivity contribution in [1.29, 1.82) is 0 Å². The van der Waals surface area contributed by atoms with Gasteiger partial charge in [-0.3, -0.25) is 15.0 Å². The van der Waals surface area contributed by atoms with Gasteiger partial charge in [-0.05, 0) is 50.2 Å². The van der Waals surface area contributed by atoms with E-state index in [-0.39, 0.29) is 6.04 Å². The minimum atomic E-state index is 0.171. The summed E-state index contributed by atoms with van der Waals surface area (Å²) in [7, 11) is 0. The van der Waals surface area contributed by atoms with Crippen LogP contribution in [0.2, 0.25) is 0 Å². The molecule has 0 aliphatic heterocycles. The summed E-state index contributed by atoms with van der Waals surface area (Å²) < 4.78 is 0. The molecule has 0 radical (unpaired) electrons. The van der Waals surface area contributed by atoms with Gasteiger partial charge in [0.05, 0.1) is 17.1 Å². The molecular formula is C23H27N5. The highest BCUT2D eigenvalue weighted by molar-refractivity contribution is 5.96. The summed E-state index contributed by atoms with van der Waals surface area (Å²) in [4.78, 5) is 18.2. The third kappa shape index (κ3) is 6.06. The molecule has 5 nitrogen and oxygen atoms in total. The van der Waals surface area contributed by atoms with Crippen molar-refractivity contribution in [3.63, 3.8) is 0 Å². The topological polar surface area (TPSA) is 63.1 Å². The second kappa shape index (κ2) is 10.4. The Morgan fingerprint density at radius 2 is 1.64 bits per heavy atom. The third-order valence-corrected chi connectivity index (χ3v) is 4.59. The largest absolute Gasteiger partial charge is 0.308 e. The first-order chi connectivity index (χ1) is 13.7. The van der Waals surface area contributed by atoms with E-state index in [1.807, 2.05) is 61.8 Å². The zero-order valence-electron chi connectivity index (χ0n) is 16.5. The predicted molar refractivity (Wildman–Crippen MR) is 114 cm³/mol. The van der Waals surface area contributed by atoms with Crippen molar-refractivity contribution in [1.82, 2.24) is 20.3 Å². The van der Waals surface area contributed by atoms with Gasteiger partial charge < -0.3 is 5.32 Å². The maximum atomic E-state index is 4.80. The quantitative estimate of drug-likeness (QED) is 0.579. The van der Waals surface area contributed by atoms with Gasteiger partial charge in [-0.2, -0.15) is 0 Å². The van der Waals surface area contributed by atoms with Crippen molar-refractivity contribution in [3.05, 3.63) is 89.8 Å². The Morgan fingerprint density at radius 1 is 0.929 bits per heavy atom.